The Balaban J connectivity index is 1.76. The van der Waals surface area contributed by atoms with Gasteiger partial charge in [0.2, 0.25) is 12.0 Å². The molecule has 1 aliphatic heterocycles. The van der Waals surface area contributed by atoms with Crippen molar-refractivity contribution in [2.75, 3.05) is 0 Å². The highest BCUT2D eigenvalue weighted by Crippen LogP contribution is 2.42. The summed E-state index contributed by atoms with van der Waals surface area (Å²) in [4.78, 5) is 23.8. The van der Waals surface area contributed by atoms with Gasteiger partial charge in [-0.05, 0) is 24.3 Å². The first kappa shape index (κ1) is 22.4. The molecule has 1 saturated heterocycles. The van der Waals surface area contributed by atoms with Crippen molar-refractivity contribution in [1.29, 1.82) is 0 Å². The standard InChI is InChI=1S/C21H18O12/c22-8-3-1-7(2-4-8)10-5-9(23)13-11(31-10)6-12(14(24)15(13)25)32-21-18(28)16(26)17(27)19(33-21)20(29)30/h1-6,16-19,21-22,24-28H,(H,29,30)/t16-,17-,18+,19+,21+/m1/s1. The number of benzene rings is 2. The Kier molecular flexibility index (Phi) is 5.59. The summed E-state index contributed by atoms with van der Waals surface area (Å²) >= 11 is 0. The van der Waals surface area contributed by atoms with Crippen molar-refractivity contribution < 1.29 is 54.4 Å². The van der Waals surface area contributed by atoms with Crippen LogP contribution in [0.15, 0.2) is 45.6 Å². The van der Waals surface area contributed by atoms with Gasteiger partial charge in [0.15, 0.2) is 23.0 Å². The van der Waals surface area contributed by atoms with Crippen molar-refractivity contribution in [1.82, 2.24) is 0 Å². The minimum absolute atomic E-state index is 0.0156. The third kappa shape index (κ3) is 3.91. The summed E-state index contributed by atoms with van der Waals surface area (Å²) < 4.78 is 15.9. The van der Waals surface area contributed by atoms with E-state index in [1.54, 1.807) is 0 Å². The summed E-state index contributed by atoms with van der Waals surface area (Å²) in [5.74, 6) is -4.01. The number of aliphatic hydroxyl groups excluding tert-OH is 3. The highest BCUT2D eigenvalue weighted by Gasteiger charge is 2.48. The van der Waals surface area contributed by atoms with Crippen LogP contribution in [-0.2, 0) is 9.53 Å². The van der Waals surface area contributed by atoms with Gasteiger partial charge in [0.25, 0.3) is 0 Å². The second-order valence-corrected chi connectivity index (χ2v) is 7.32. The number of aliphatic hydroxyl groups is 3. The van der Waals surface area contributed by atoms with Gasteiger partial charge in [0, 0.05) is 17.7 Å². The lowest BCUT2D eigenvalue weighted by Gasteiger charge is -2.38. The van der Waals surface area contributed by atoms with Gasteiger partial charge in [0.05, 0.1) is 0 Å². The molecule has 0 aliphatic carbocycles. The van der Waals surface area contributed by atoms with E-state index < -0.39 is 59.4 Å². The van der Waals surface area contributed by atoms with Crippen LogP contribution in [0.3, 0.4) is 0 Å². The van der Waals surface area contributed by atoms with Crippen LogP contribution < -0.4 is 10.2 Å². The molecule has 0 saturated carbocycles. The smallest absolute Gasteiger partial charge is 0.335 e. The molecule has 174 valence electrons. The van der Waals surface area contributed by atoms with Crippen LogP contribution in [0, 0.1) is 0 Å². The number of phenols is 3. The number of hydrogen-bond donors (Lipinski definition) is 7. The Bertz CT molecular complexity index is 1260. The number of aromatic hydroxyl groups is 3. The van der Waals surface area contributed by atoms with Gasteiger partial charge in [-0.1, -0.05) is 0 Å². The monoisotopic (exact) mass is 462 g/mol. The van der Waals surface area contributed by atoms with Crippen LogP contribution in [-0.4, -0.2) is 72.4 Å². The lowest BCUT2D eigenvalue weighted by atomic mass is 9.99. The molecule has 1 aromatic heterocycles. The van der Waals surface area contributed by atoms with E-state index in [4.69, 9.17) is 19.0 Å². The number of rotatable bonds is 4. The Hall–Kier alpha value is -3.84. The Morgan fingerprint density at radius 2 is 1.58 bits per heavy atom. The van der Waals surface area contributed by atoms with Gasteiger partial charge in [-0.3, -0.25) is 4.79 Å². The van der Waals surface area contributed by atoms with Gasteiger partial charge < -0.3 is 49.6 Å². The molecule has 2 aromatic carbocycles. The van der Waals surface area contributed by atoms with E-state index in [-0.39, 0.29) is 22.5 Å². The predicted molar refractivity (Wildman–Crippen MR) is 108 cm³/mol. The molecule has 0 spiro atoms. The molecule has 7 N–H and O–H groups in total. The minimum atomic E-state index is -1.96. The molecule has 0 unspecified atom stereocenters. The van der Waals surface area contributed by atoms with E-state index in [9.17, 15) is 40.2 Å². The largest absolute Gasteiger partial charge is 0.508 e. The molecule has 4 rings (SSSR count). The maximum Gasteiger partial charge on any atom is 0.335 e. The number of carboxylic acids is 1. The maximum absolute atomic E-state index is 12.6. The van der Waals surface area contributed by atoms with Crippen LogP contribution in [0.25, 0.3) is 22.3 Å². The first-order chi connectivity index (χ1) is 15.6. The summed E-state index contributed by atoms with van der Waals surface area (Å²) in [7, 11) is 0. The average Bonchev–Trinajstić information content (AvgIpc) is 2.77. The number of carbonyl (C=O) groups is 1. The third-order valence-electron chi connectivity index (χ3n) is 5.14. The van der Waals surface area contributed by atoms with Crippen molar-refractivity contribution in [3.63, 3.8) is 0 Å². The van der Waals surface area contributed by atoms with Crippen molar-refractivity contribution in [3.8, 4) is 34.3 Å². The molecule has 0 bridgehead atoms. The second kappa shape index (κ2) is 8.26. The number of fused-ring (bicyclic) bond motifs is 1. The third-order valence-corrected chi connectivity index (χ3v) is 5.14. The number of hydrogen-bond acceptors (Lipinski definition) is 11. The first-order valence-corrected chi connectivity index (χ1v) is 9.49. The maximum atomic E-state index is 12.6. The SMILES string of the molecule is O=C(O)[C@H]1O[C@H](Oc2cc3oc(-c4ccc(O)cc4)cc(=O)c3c(O)c2O)[C@@H](O)[C@H](O)[C@H]1O. The first-order valence-electron chi connectivity index (χ1n) is 9.49. The van der Waals surface area contributed by atoms with E-state index in [1.807, 2.05) is 0 Å². The zero-order valence-electron chi connectivity index (χ0n) is 16.5. The highest BCUT2D eigenvalue weighted by molar-refractivity contribution is 5.89. The number of aliphatic carboxylic acids is 1. The highest BCUT2D eigenvalue weighted by atomic mass is 16.7. The molecule has 1 aliphatic rings. The fraction of sp³-hybridized carbons (Fsp3) is 0.238. The molecular formula is C21H18O12. The van der Waals surface area contributed by atoms with Crippen LogP contribution >= 0.6 is 0 Å². The molecule has 3 aromatic rings. The molecule has 0 radical (unpaired) electrons. The lowest BCUT2D eigenvalue weighted by Crippen LogP contribution is -2.61. The zero-order valence-corrected chi connectivity index (χ0v) is 16.5. The summed E-state index contributed by atoms with van der Waals surface area (Å²) in [5.41, 5.74) is -0.539. The summed E-state index contributed by atoms with van der Waals surface area (Å²) in [6.45, 7) is 0. The van der Waals surface area contributed by atoms with Crippen molar-refractivity contribution in [2.45, 2.75) is 30.7 Å². The zero-order chi connectivity index (χ0) is 24.0. The average molecular weight is 462 g/mol. The van der Waals surface area contributed by atoms with E-state index in [0.29, 0.717) is 5.56 Å². The van der Waals surface area contributed by atoms with Gasteiger partial charge in [0.1, 0.15) is 40.8 Å². The second-order valence-electron chi connectivity index (χ2n) is 7.32. The van der Waals surface area contributed by atoms with Gasteiger partial charge in [-0.25, -0.2) is 4.79 Å². The fourth-order valence-electron chi connectivity index (χ4n) is 3.40. The van der Waals surface area contributed by atoms with Crippen LogP contribution in [0.2, 0.25) is 0 Å². The Labute approximate surface area is 183 Å². The molecule has 12 nitrogen and oxygen atoms in total. The van der Waals surface area contributed by atoms with Gasteiger partial charge in [-0.2, -0.15) is 0 Å². The van der Waals surface area contributed by atoms with Crippen LogP contribution in [0.1, 0.15) is 0 Å². The molecule has 5 atom stereocenters. The van der Waals surface area contributed by atoms with Crippen LogP contribution in [0.5, 0.6) is 23.0 Å². The summed E-state index contributed by atoms with van der Waals surface area (Å²) in [6.07, 6.45) is -9.67. The van der Waals surface area contributed by atoms with Crippen molar-refractivity contribution >= 4 is 16.9 Å². The van der Waals surface area contributed by atoms with Crippen molar-refractivity contribution in [3.05, 3.63) is 46.6 Å². The molecule has 0 amide bonds. The topological polar surface area (TPSA) is 207 Å². The predicted octanol–water partition coefficient (Wildman–Crippen LogP) is -0.152. The molecule has 33 heavy (non-hydrogen) atoms. The van der Waals surface area contributed by atoms with Gasteiger partial charge >= 0.3 is 5.97 Å². The quantitative estimate of drug-likeness (QED) is 0.253. The van der Waals surface area contributed by atoms with E-state index in [0.717, 1.165) is 12.1 Å². The van der Waals surface area contributed by atoms with Gasteiger partial charge in [-0.15, -0.1) is 0 Å². The minimum Gasteiger partial charge on any atom is -0.508 e. The Morgan fingerprint density at radius 3 is 2.21 bits per heavy atom. The van der Waals surface area contributed by atoms with Crippen LogP contribution in [0.4, 0.5) is 0 Å². The lowest BCUT2D eigenvalue weighted by molar-refractivity contribution is -0.271. The summed E-state index contributed by atoms with van der Waals surface area (Å²) in [5, 5.41) is 68.6. The normalized spacial score (nSPS) is 25.1. The molecule has 2 heterocycles. The van der Waals surface area contributed by atoms with Crippen molar-refractivity contribution in [2.24, 2.45) is 0 Å². The number of phenolic OH excluding ortho intramolecular Hbond substituents is 3. The van der Waals surface area contributed by atoms with E-state index >= 15 is 0 Å². The Morgan fingerprint density at radius 1 is 0.909 bits per heavy atom. The van der Waals surface area contributed by atoms with E-state index in [2.05, 4.69) is 0 Å². The number of carboxylic acid groups (broad SMARTS) is 1. The molecular weight excluding hydrogens is 444 g/mol. The number of ether oxygens (including phenoxy) is 2. The van der Waals surface area contributed by atoms with E-state index in [1.165, 1.54) is 24.3 Å². The fourth-order valence-corrected chi connectivity index (χ4v) is 3.40. The molecule has 1 fully saturated rings. The molecule has 12 heteroatoms. The summed E-state index contributed by atoms with van der Waals surface area (Å²) in [6, 6.07) is 7.74.